The third-order valence-electron chi connectivity index (χ3n) is 6.43. The molecule has 0 saturated carbocycles. The fourth-order valence-electron chi connectivity index (χ4n) is 4.60. The van der Waals surface area contributed by atoms with E-state index in [4.69, 9.17) is 9.72 Å². The molecule has 2 N–H and O–H groups in total. The fourth-order valence-corrected chi connectivity index (χ4v) is 5.11. The van der Waals surface area contributed by atoms with E-state index in [1.165, 1.54) is 5.56 Å². The van der Waals surface area contributed by atoms with Gasteiger partial charge >= 0.3 is 5.97 Å². The number of nitrogens with one attached hydrogen (secondary N) is 1. The number of anilines is 1. The van der Waals surface area contributed by atoms with Crippen LogP contribution in [0.2, 0.25) is 0 Å². The zero-order valence-electron chi connectivity index (χ0n) is 20.0. The minimum Gasteiger partial charge on any atom is -0.493 e. The Hall–Kier alpha value is -3.72. The predicted octanol–water partition coefficient (Wildman–Crippen LogP) is 4.21. The highest BCUT2D eigenvalue weighted by molar-refractivity contribution is 7.84. The number of ether oxygens (including phenoxy) is 1. The summed E-state index contributed by atoms with van der Waals surface area (Å²) in [4.78, 5) is 21.2. The Morgan fingerprint density at radius 3 is 2.94 bits per heavy atom. The molecular formula is C27H28N4O4S. The van der Waals surface area contributed by atoms with Crippen molar-refractivity contribution >= 4 is 33.5 Å². The smallest absolute Gasteiger partial charge is 0.305 e. The first kappa shape index (κ1) is 24.0. The first-order chi connectivity index (χ1) is 17.5. The van der Waals surface area contributed by atoms with Gasteiger partial charge in [0.1, 0.15) is 11.6 Å². The minimum absolute atomic E-state index is 0.119. The molecule has 0 saturated heterocycles. The van der Waals surface area contributed by atoms with E-state index in [2.05, 4.69) is 22.4 Å². The average Bonchev–Trinajstić information content (AvgIpc) is 3.30. The van der Waals surface area contributed by atoms with Gasteiger partial charge in [0, 0.05) is 54.4 Å². The number of carboxylic acid groups (broad SMARTS) is 1. The van der Waals surface area contributed by atoms with Crippen molar-refractivity contribution in [3.63, 3.8) is 0 Å². The lowest BCUT2D eigenvalue weighted by Gasteiger charge is -2.19. The number of carbonyl (C=O) groups is 1. The van der Waals surface area contributed by atoms with Gasteiger partial charge < -0.3 is 19.7 Å². The van der Waals surface area contributed by atoms with Crippen molar-refractivity contribution in [1.82, 2.24) is 14.5 Å². The quantitative estimate of drug-likeness (QED) is 0.352. The van der Waals surface area contributed by atoms with Gasteiger partial charge in [-0.3, -0.25) is 14.0 Å². The van der Waals surface area contributed by atoms with Crippen LogP contribution in [0.25, 0.3) is 10.9 Å². The van der Waals surface area contributed by atoms with Gasteiger partial charge in [0.25, 0.3) is 0 Å². The number of benzene rings is 1. The highest BCUT2D eigenvalue weighted by atomic mass is 32.2. The maximum absolute atomic E-state index is 11.9. The second-order valence-corrected chi connectivity index (χ2v) is 10.3. The molecule has 1 aliphatic heterocycles. The summed E-state index contributed by atoms with van der Waals surface area (Å²) in [6.45, 7) is 1.47. The van der Waals surface area contributed by atoms with E-state index >= 15 is 0 Å². The van der Waals surface area contributed by atoms with Gasteiger partial charge in [0.2, 0.25) is 0 Å². The van der Waals surface area contributed by atoms with Gasteiger partial charge in [0.05, 0.1) is 34.8 Å². The molecule has 2 unspecified atom stereocenters. The third-order valence-corrected chi connectivity index (χ3v) is 7.31. The summed E-state index contributed by atoms with van der Waals surface area (Å²) in [6.07, 6.45) is 9.44. The van der Waals surface area contributed by atoms with Crippen LogP contribution in [0, 0.1) is 0 Å². The van der Waals surface area contributed by atoms with Crippen molar-refractivity contribution in [2.24, 2.45) is 0 Å². The number of fused-ring (bicyclic) bond motifs is 2. The van der Waals surface area contributed by atoms with Crippen LogP contribution in [0.15, 0.2) is 66.0 Å². The molecule has 2 atom stereocenters. The summed E-state index contributed by atoms with van der Waals surface area (Å²) in [7, 11) is -1.21. The van der Waals surface area contributed by atoms with E-state index in [0.29, 0.717) is 23.5 Å². The van der Waals surface area contributed by atoms with Crippen LogP contribution in [0.3, 0.4) is 0 Å². The summed E-state index contributed by atoms with van der Waals surface area (Å²) in [5.74, 6) is 0.815. The second-order valence-electron chi connectivity index (χ2n) is 8.90. The maximum atomic E-state index is 11.9. The van der Waals surface area contributed by atoms with Crippen molar-refractivity contribution in [3.05, 3.63) is 77.9 Å². The number of aromatic nitrogens is 3. The Labute approximate surface area is 211 Å². The van der Waals surface area contributed by atoms with Gasteiger partial charge in [-0.15, -0.1) is 0 Å². The van der Waals surface area contributed by atoms with Gasteiger partial charge in [-0.05, 0) is 60.4 Å². The number of rotatable bonds is 9. The summed E-state index contributed by atoms with van der Waals surface area (Å²) in [5.41, 5.74) is 3.86. The van der Waals surface area contributed by atoms with Crippen LogP contribution in [0.5, 0.6) is 5.75 Å². The van der Waals surface area contributed by atoms with Gasteiger partial charge in [-0.1, -0.05) is 6.07 Å². The fraction of sp³-hybridized carbons (Fsp3) is 0.296. The molecule has 0 spiro atoms. The Kier molecular flexibility index (Phi) is 6.99. The first-order valence-electron chi connectivity index (χ1n) is 11.9. The summed E-state index contributed by atoms with van der Waals surface area (Å²) < 4.78 is 19.9. The Morgan fingerprint density at radius 1 is 1.22 bits per heavy atom. The summed E-state index contributed by atoms with van der Waals surface area (Å²) >= 11 is 0. The van der Waals surface area contributed by atoms with Crippen molar-refractivity contribution in [2.75, 3.05) is 24.7 Å². The van der Waals surface area contributed by atoms with Crippen molar-refractivity contribution in [3.8, 4) is 5.75 Å². The van der Waals surface area contributed by atoms with Crippen LogP contribution in [0.4, 0.5) is 5.82 Å². The van der Waals surface area contributed by atoms with E-state index in [0.717, 1.165) is 47.6 Å². The zero-order valence-corrected chi connectivity index (χ0v) is 20.8. The van der Waals surface area contributed by atoms with E-state index in [1.54, 1.807) is 24.7 Å². The number of nitrogens with zero attached hydrogens (tertiary/aromatic N) is 3. The molecule has 9 heteroatoms. The molecule has 0 aliphatic carbocycles. The number of aryl methyl sites for hydroxylation is 1. The van der Waals surface area contributed by atoms with Gasteiger partial charge in [0.15, 0.2) is 0 Å². The Bertz CT molecular complexity index is 1430. The van der Waals surface area contributed by atoms with Crippen molar-refractivity contribution in [2.45, 2.75) is 36.6 Å². The summed E-state index contributed by atoms with van der Waals surface area (Å²) in [5, 5.41) is 13.9. The van der Waals surface area contributed by atoms with Crippen LogP contribution in [0.1, 0.15) is 35.7 Å². The Balaban J connectivity index is 1.33. The molecule has 8 nitrogen and oxygen atoms in total. The van der Waals surface area contributed by atoms with E-state index in [-0.39, 0.29) is 6.42 Å². The number of pyridine rings is 2. The highest BCUT2D eigenvalue weighted by Crippen LogP contribution is 2.30. The number of aliphatic carboxylic acids is 1. The number of hydrogen-bond acceptors (Lipinski definition) is 6. The molecular weight excluding hydrogens is 476 g/mol. The molecule has 36 heavy (non-hydrogen) atoms. The van der Waals surface area contributed by atoms with Crippen LogP contribution in [-0.4, -0.2) is 49.2 Å². The largest absolute Gasteiger partial charge is 0.493 e. The van der Waals surface area contributed by atoms with Crippen LogP contribution >= 0.6 is 0 Å². The molecule has 186 valence electrons. The van der Waals surface area contributed by atoms with E-state index in [9.17, 15) is 14.1 Å². The Morgan fingerprint density at radius 2 is 2.11 bits per heavy atom. The maximum Gasteiger partial charge on any atom is 0.305 e. The minimum atomic E-state index is -1.21. The molecule has 0 fully saturated rings. The molecule has 4 aromatic rings. The molecule has 0 bridgehead atoms. The first-order valence-corrected chi connectivity index (χ1v) is 13.5. The SMILES string of the molecule is CS(=O)c1cncc(C(CC(=O)O)n2ccc3cc(OCCc4ccc5c(n4)NCCC5)ccc32)c1. The lowest BCUT2D eigenvalue weighted by atomic mass is 10.1. The van der Waals surface area contributed by atoms with E-state index < -0.39 is 22.8 Å². The van der Waals surface area contributed by atoms with Gasteiger partial charge in [-0.2, -0.15) is 0 Å². The second kappa shape index (κ2) is 10.5. The van der Waals surface area contributed by atoms with Crippen molar-refractivity contribution < 1.29 is 18.8 Å². The standard InChI is InChI=1S/C27H28N4O4S/c1-36(34)23-14-20(16-28-17-23)25(15-26(32)33)31-11-8-19-13-22(6-7-24(19)31)35-12-9-21-5-4-18-3-2-10-29-27(18)30-21/h4-8,11,13-14,16-17,25H,2-3,9-10,12,15H2,1H3,(H,29,30)(H,32,33). The van der Waals surface area contributed by atoms with Crippen LogP contribution < -0.4 is 10.1 Å². The lowest BCUT2D eigenvalue weighted by Crippen LogP contribution is -2.15. The average molecular weight is 505 g/mol. The number of hydrogen-bond donors (Lipinski definition) is 2. The topological polar surface area (TPSA) is 106 Å². The third kappa shape index (κ3) is 5.26. The molecule has 0 amide bonds. The molecule has 0 radical (unpaired) electrons. The molecule has 1 aromatic carbocycles. The monoisotopic (exact) mass is 504 g/mol. The predicted molar refractivity (Wildman–Crippen MR) is 139 cm³/mol. The normalized spacial score (nSPS) is 14.6. The number of carboxylic acids is 1. The lowest BCUT2D eigenvalue weighted by molar-refractivity contribution is -0.137. The molecule has 1 aliphatic rings. The highest BCUT2D eigenvalue weighted by Gasteiger charge is 2.21. The molecule has 3 aromatic heterocycles. The van der Waals surface area contributed by atoms with Crippen molar-refractivity contribution in [1.29, 1.82) is 0 Å². The molecule has 5 rings (SSSR count). The van der Waals surface area contributed by atoms with Crippen LogP contribution in [-0.2, 0) is 28.4 Å². The van der Waals surface area contributed by atoms with E-state index in [1.807, 2.05) is 35.0 Å². The molecule has 4 heterocycles. The summed E-state index contributed by atoms with van der Waals surface area (Å²) in [6, 6.07) is 13.2. The zero-order chi connectivity index (χ0) is 25.1. The van der Waals surface area contributed by atoms with Gasteiger partial charge in [-0.25, -0.2) is 4.98 Å².